The highest BCUT2D eigenvalue weighted by Crippen LogP contribution is 2.27. The second-order valence-corrected chi connectivity index (χ2v) is 6.28. The summed E-state index contributed by atoms with van der Waals surface area (Å²) in [5, 5.41) is 2.92. The number of hydrogen-bond donors (Lipinski definition) is 1. The summed E-state index contributed by atoms with van der Waals surface area (Å²) in [7, 11) is 0. The number of amides is 1. The summed E-state index contributed by atoms with van der Waals surface area (Å²) in [5.41, 5.74) is 3.28. The highest BCUT2D eigenvalue weighted by Gasteiger charge is 2.14. The van der Waals surface area contributed by atoms with Crippen LogP contribution in [0.25, 0.3) is 0 Å². The van der Waals surface area contributed by atoms with Crippen molar-refractivity contribution in [1.29, 1.82) is 0 Å². The van der Waals surface area contributed by atoms with Crippen LogP contribution in [0, 0.1) is 6.92 Å². The molecule has 138 valence electrons. The molecule has 0 spiro atoms. The van der Waals surface area contributed by atoms with E-state index in [0.717, 1.165) is 12.1 Å². The van der Waals surface area contributed by atoms with Crippen LogP contribution in [-0.4, -0.2) is 29.0 Å². The fraction of sp³-hybridized carbons (Fsp3) is 0.227. The lowest BCUT2D eigenvalue weighted by atomic mass is 9.88. The van der Waals surface area contributed by atoms with Crippen molar-refractivity contribution in [2.45, 2.75) is 19.3 Å². The quantitative estimate of drug-likeness (QED) is 0.667. The van der Waals surface area contributed by atoms with Gasteiger partial charge in [-0.3, -0.25) is 4.79 Å². The van der Waals surface area contributed by atoms with Crippen molar-refractivity contribution in [3.05, 3.63) is 89.7 Å². The van der Waals surface area contributed by atoms with Crippen molar-refractivity contribution in [3.63, 3.8) is 0 Å². The third kappa shape index (κ3) is 5.64. The van der Waals surface area contributed by atoms with Gasteiger partial charge in [0.2, 0.25) is 0 Å². The van der Waals surface area contributed by atoms with E-state index in [0.29, 0.717) is 6.54 Å². The number of aryl methyl sites for hydroxylation is 1. The Balaban J connectivity index is 1.54. The first-order valence-corrected chi connectivity index (χ1v) is 9.01. The summed E-state index contributed by atoms with van der Waals surface area (Å²) in [6, 6.07) is 22.7. The summed E-state index contributed by atoms with van der Waals surface area (Å²) in [4.78, 5) is 20.2. The van der Waals surface area contributed by atoms with Gasteiger partial charge in [-0.25, -0.2) is 9.97 Å². The Hall–Kier alpha value is -3.21. The number of nitrogens with zero attached hydrogens (tertiary/aromatic N) is 2. The van der Waals surface area contributed by atoms with E-state index < -0.39 is 0 Å². The van der Waals surface area contributed by atoms with Crippen LogP contribution in [0.15, 0.2) is 72.9 Å². The van der Waals surface area contributed by atoms with Gasteiger partial charge in [-0.05, 0) is 30.5 Å². The highest BCUT2D eigenvalue weighted by atomic mass is 16.5. The zero-order valence-corrected chi connectivity index (χ0v) is 15.3. The lowest BCUT2D eigenvalue weighted by molar-refractivity contribution is -0.123. The Labute approximate surface area is 159 Å². The Kier molecular flexibility index (Phi) is 6.52. The van der Waals surface area contributed by atoms with Crippen LogP contribution in [0.4, 0.5) is 0 Å². The minimum absolute atomic E-state index is 0.0925. The van der Waals surface area contributed by atoms with Crippen LogP contribution in [0.5, 0.6) is 6.01 Å². The van der Waals surface area contributed by atoms with Crippen LogP contribution in [-0.2, 0) is 4.79 Å². The van der Waals surface area contributed by atoms with Gasteiger partial charge in [0.05, 0.1) is 0 Å². The van der Waals surface area contributed by atoms with Crippen LogP contribution < -0.4 is 10.1 Å². The maximum atomic E-state index is 12.1. The van der Waals surface area contributed by atoms with Crippen molar-refractivity contribution in [3.8, 4) is 6.01 Å². The normalized spacial score (nSPS) is 10.6. The number of rotatable bonds is 8. The molecule has 0 saturated heterocycles. The fourth-order valence-corrected chi connectivity index (χ4v) is 2.93. The number of carbonyl (C=O) groups excluding carboxylic acids is 1. The Bertz CT molecular complexity index is 814. The summed E-state index contributed by atoms with van der Waals surface area (Å²) >= 11 is 0. The largest absolute Gasteiger partial charge is 0.453 e. The number of benzene rings is 2. The van der Waals surface area contributed by atoms with Gasteiger partial charge in [0, 0.05) is 24.4 Å². The van der Waals surface area contributed by atoms with Crippen molar-refractivity contribution in [2.24, 2.45) is 0 Å². The molecule has 0 radical (unpaired) electrons. The van der Waals surface area contributed by atoms with E-state index >= 15 is 0 Å². The molecule has 0 unspecified atom stereocenters. The summed E-state index contributed by atoms with van der Waals surface area (Å²) in [5.74, 6) is 0.0497. The monoisotopic (exact) mass is 361 g/mol. The van der Waals surface area contributed by atoms with Gasteiger partial charge in [0.15, 0.2) is 6.61 Å². The first-order valence-electron chi connectivity index (χ1n) is 9.01. The number of carbonyl (C=O) groups is 1. The van der Waals surface area contributed by atoms with Crippen LogP contribution in [0.1, 0.15) is 29.2 Å². The van der Waals surface area contributed by atoms with E-state index in [4.69, 9.17) is 4.74 Å². The molecule has 1 aromatic heterocycles. The minimum atomic E-state index is -0.181. The lowest BCUT2D eigenvalue weighted by Crippen LogP contribution is -2.30. The van der Waals surface area contributed by atoms with Crippen LogP contribution in [0.3, 0.4) is 0 Å². The zero-order chi connectivity index (χ0) is 18.9. The molecule has 3 aromatic rings. The summed E-state index contributed by atoms with van der Waals surface area (Å²) < 4.78 is 5.34. The minimum Gasteiger partial charge on any atom is -0.453 e. The van der Waals surface area contributed by atoms with Crippen LogP contribution in [0.2, 0.25) is 0 Å². The predicted octanol–water partition coefficient (Wildman–Crippen LogP) is 3.50. The second kappa shape index (κ2) is 9.48. The second-order valence-electron chi connectivity index (χ2n) is 6.28. The molecule has 1 amide bonds. The van der Waals surface area contributed by atoms with Gasteiger partial charge < -0.3 is 10.1 Å². The molecule has 0 saturated carbocycles. The molecule has 5 heteroatoms. The van der Waals surface area contributed by atoms with E-state index in [-0.39, 0.29) is 24.4 Å². The molecule has 3 rings (SSSR count). The Morgan fingerprint density at radius 2 is 1.63 bits per heavy atom. The number of nitrogens with one attached hydrogen (secondary N) is 1. The Morgan fingerprint density at radius 3 is 2.22 bits per heavy atom. The van der Waals surface area contributed by atoms with E-state index in [1.165, 1.54) is 11.1 Å². The standard InChI is InChI=1S/C22H23N3O2/c1-17-12-14-24-22(25-17)27-16-21(26)23-15-13-20(18-8-4-2-5-9-18)19-10-6-3-7-11-19/h2-12,14,20H,13,15-16H2,1H3,(H,23,26). The molecule has 1 heterocycles. The van der Waals surface area contributed by atoms with Crippen LogP contribution >= 0.6 is 0 Å². The number of hydrogen-bond acceptors (Lipinski definition) is 4. The molecule has 0 fully saturated rings. The third-order valence-electron chi connectivity index (χ3n) is 4.26. The first kappa shape index (κ1) is 18.6. The summed E-state index contributed by atoms with van der Waals surface area (Å²) in [6.45, 7) is 2.32. The van der Waals surface area contributed by atoms with Gasteiger partial charge in [-0.2, -0.15) is 0 Å². The average Bonchev–Trinajstić information content (AvgIpc) is 2.71. The molecule has 0 aliphatic carbocycles. The van der Waals surface area contributed by atoms with Gasteiger partial charge in [0.25, 0.3) is 5.91 Å². The maximum absolute atomic E-state index is 12.1. The van der Waals surface area contributed by atoms with Gasteiger partial charge in [-0.15, -0.1) is 0 Å². The third-order valence-corrected chi connectivity index (χ3v) is 4.26. The average molecular weight is 361 g/mol. The smallest absolute Gasteiger partial charge is 0.317 e. The SMILES string of the molecule is Cc1ccnc(OCC(=O)NCCC(c2ccccc2)c2ccccc2)n1. The predicted molar refractivity (Wildman–Crippen MR) is 105 cm³/mol. The molecule has 27 heavy (non-hydrogen) atoms. The van der Waals surface area contributed by atoms with Gasteiger partial charge in [0.1, 0.15) is 0 Å². The number of ether oxygens (including phenoxy) is 1. The molecular weight excluding hydrogens is 338 g/mol. The molecule has 0 aliphatic rings. The van der Waals surface area contributed by atoms with E-state index in [1.807, 2.05) is 43.3 Å². The molecule has 0 bridgehead atoms. The van der Waals surface area contributed by atoms with Gasteiger partial charge >= 0.3 is 6.01 Å². The van der Waals surface area contributed by atoms with Crippen molar-refractivity contribution < 1.29 is 9.53 Å². The maximum Gasteiger partial charge on any atom is 0.317 e. The van der Waals surface area contributed by atoms with E-state index in [1.54, 1.807) is 12.3 Å². The topological polar surface area (TPSA) is 64.1 Å². The highest BCUT2D eigenvalue weighted by molar-refractivity contribution is 5.77. The molecule has 0 atom stereocenters. The van der Waals surface area contributed by atoms with Crippen molar-refractivity contribution >= 4 is 5.91 Å². The zero-order valence-electron chi connectivity index (χ0n) is 15.3. The molecule has 1 N–H and O–H groups in total. The molecular formula is C22H23N3O2. The number of aromatic nitrogens is 2. The first-order chi connectivity index (χ1) is 13.2. The fourth-order valence-electron chi connectivity index (χ4n) is 2.93. The lowest BCUT2D eigenvalue weighted by Gasteiger charge is -2.18. The Morgan fingerprint density at radius 1 is 1.00 bits per heavy atom. The molecule has 0 aliphatic heterocycles. The van der Waals surface area contributed by atoms with Gasteiger partial charge in [-0.1, -0.05) is 60.7 Å². The van der Waals surface area contributed by atoms with Crippen molar-refractivity contribution in [1.82, 2.24) is 15.3 Å². The van der Waals surface area contributed by atoms with E-state index in [2.05, 4.69) is 39.6 Å². The van der Waals surface area contributed by atoms with Crippen molar-refractivity contribution in [2.75, 3.05) is 13.2 Å². The van der Waals surface area contributed by atoms with E-state index in [9.17, 15) is 4.79 Å². The molecule has 2 aromatic carbocycles. The molecule has 5 nitrogen and oxygen atoms in total. The summed E-state index contributed by atoms with van der Waals surface area (Å²) in [6.07, 6.45) is 2.42.